The minimum absolute atomic E-state index is 0.209. The van der Waals surface area contributed by atoms with Crippen molar-refractivity contribution >= 4 is 54.3 Å². The molecule has 156 valence electrons. The first-order valence-electron chi connectivity index (χ1n) is 10.1. The lowest BCUT2D eigenvalue weighted by atomic mass is 9.97. The van der Waals surface area contributed by atoms with E-state index >= 15 is 0 Å². The van der Waals surface area contributed by atoms with Crippen molar-refractivity contribution in [1.29, 1.82) is 0 Å². The first kappa shape index (κ1) is 22.9. The molecule has 0 fully saturated rings. The van der Waals surface area contributed by atoms with Gasteiger partial charge in [-0.1, -0.05) is 73.8 Å². The lowest BCUT2D eigenvalue weighted by Gasteiger charge is -2.37. The Kier molecular flexibility index (Phi) is 6.92. The van der Waals surface area contributed by atoms with Crippen LogP contribution in [-0.4, -0.2) is 14.9 Å². The maximum Gasteiger partial charge on any atom is 0.191 e. The molecule has 0 aliphatic heterocycles. The molecule has 1 atom stereocenters. The number of hydrogen-bond donors (Lipinski definition) is 0. The van der Waals surface area contributed by atoms with E-state index in [1.54, 1.807) is 0 Å². The van der Waals surface area contributed by atoms with E-state index in [-0.39, 0.29) is 5.04 Å². The van der Waals surface area contributed by atoms with Crippen molar-refractivity contribution in [2.45, 2.75) is 51.7 Å². The Balaban J connectivity index is 1.90. The van der Waals surface area contributed by atoms with Gasteiger partial charge in [0.15, 0.2) is 8.32 Å². The van der Waals surface area contributed by atoms with Crippen molar-refractivity contribution in [3.8, 4) is 0 Å². The van der Waals surface area contributed by atoms with E-state index in [0.717, 1.165) is 30.0 Å². The zero-order valence-electron chi connectivity index (χ0n) is 17.8. The van der Waals surface area contributed by atoms with Gasteiger partial charge in [-0.15, -0.1) is 0 Å². The quantitative estimate of drug-likeness (QED) is 0.398. The summed E-state index contributed by atoms with van der Waals surface area (Å²) in [6.07, 6.45) is 1.93. The molecular weight excluding hydrogens is 439 g/mol. The van der Waals surface area contributed by atoms with Crippen LogP contribution >= 0.6 is 34.8 Å². The van der Waals surface area contributed by atoms with Crippen LogP contribution in [0.4, 0.5) is 0 Å². The molecule has 2 aromatic rings. The average molecular weight is 468 g/mol. The van der Waals surface area contributed by atoms with Crippen LogP contribution < -0.4 is 0 Å². The van der Waals surface area contributed by atoms with Crippen molar-refractivity contribution in [3.63, 3.8) is 0 Å². The predicted octanol–water partition coefficient (Wildman–Crippen LogP) is 8.99. The van der Waals surface area contributed by atoms with Crippen molar-refractivity contribution in [2.24, 2.45) is 5.92 Å². The van der Waals surface area contributed by atoms with Crippen LogP contribution in [0.25, 0.3) is 11.1 Å². The van der Waals surface area contributed by atoms with Crippen LogP contribution in [0.2, 0.25) is 33.2 Å². The van der Waals surface area contributed by atoms with Crippen molar-refractivity contribution in [3.05, 3.63) is 68.7 Å². The molecule has 1 aliphatic rings. The maximum absolute atomic E-state index is 6.58. The molecule has 1 unspecified atom stereocenters. The summed E-state index contributed by atoms with van der Waals surface area (Å²) < 4.78 is 6.55. The van der Waals surface area contributed by atoms with Gasteiger partial charge >= 0.3 is 0 Å². The van der Waals surface area contributed by atoms with Crippen LogP contribution in [0.3, 0.4) is 0 Å². The predicted molar refractivity (Wildman–Crippen MR) is 131 cm³/mol. The topological polar surface area (TPSA) is 9.23 Å². The molecule has 0 amide bonds. The summed E-state index contributed by atoms with van der Waals surface area (Å²) in [5.41, 5.74) is 4.88. The monoisotopic (exact) mass is 466 g/mol. The summed E-state index contributed by atoms with van der Waals surface area (Å²) in [7, 11) is -1.78. The Morgan fingerprint density at radius 3 is 2.07 bits per heavy atom. The standard InChI is InChI=1S/C24H29Cl3OSi/c1-24(2,3)29(4,5)28-15-16-12-21(17-6-8-18(25)9-7-17)22(13-16)20-11-10-19(26)14-23(20)27/h6-11,14,16H,12-13,15H2,1-5H3. The molecule has 1 aliphatic carbocycles. The van der Waals surface area contributed by atoms with E-state index in [1.807, 2.05) is 30.3 Å². The molecule has 0 radical (unpaired) electrons. The highest BCUT2D eigenvalue weighted by Crippen LogP contribution is 2.46. The van der Waals surface area contributed by atoms with Crippen LogP contribution in [0.5, 0.6) is 0 Å². The van der Waals surface area contributed by atoms with E-state index in [9.17, 15) is 0 Å². The lowest BCUT2D eigenvalue weighted by Crippen LogP contribution is -2.41. The van der Waals surface area contributed by atoms with E-state index in [4.69, 9.17) is 39.2 Å². The highest BCUT2D eigenvalue weighted by molar-refractivity contribution is 6.74. The second-order valence-corrected chi connectivity index (χ2v) is 15.5. The molecule has 3 rings (SSSR count). The average Bonchev–Trinajstić information content (AvgIpc) is 3.04. The summed E-state index contributed by atoms with van der Waals surface area (Å²) >= 11 is 18.8. The highest BCUT2D eigenvalue weighted by atomic mass is 35.5. The van der Waals surface area contributed by atoms with E-state index < -0.39 is 8.32 Å². The van der Waals surface area contributed by atoms with Crippen LogP contribution in [0, 0.1) is 5.92 Å². The number of benzene rings is 2. The van der Waals surface area contributed by atoms with Gasteiger partial charge in [-0.2, -0.15) is 0 Å². The van der Waals surface area contributed by atoms with E-state index in [1.165, 1.54) is 16.7 Å². The second kappa shape index (κ2) is 8.76. The van der Waals surface area contributed by atoms with Crippen molar-refractivity contribution in [2.75, 3.05) is 6.61 Å². The summed E-state index contributed by atoms with van der Waals surface area (Å²) in [6.45, 7) is 12.2. The molecule has 5 heteroatoms. The maximum atomic E-state index is 6.58. The Morgan fingerprint density at radius 2 is 1.48 bits per heavy atom. The largest absolute Gasteiger partial charge is 0.417 e. The van der Waals surface area contributed by atoms with E-state index in [2.05, 4.69) is 46.0 Å². The summed E-state index contributed by atoms with van der Waals surface area (Å²) in [5, 5.41) is 2.31. The smallest absolute Gasteiger partial charge is 0.191 e. The Hall–Kier alpha value is -0.773. The lowest BCUT2D eigenvalue weighted by molar-refractivity contribution is 0.235. The van der Waals surface area contributed by atoms with Gasteiger partial charge in [0, 0.05) is 21.7 Å². The molecular formula is C24H29Cl3OSi. The van der Waals surface area contributed by atoms with Crippen molar-refractivity contribution < 1.29 is 4.43 Å². The number of halogens is 3. The number of hydrogen-bond acceptors (Lipinski definition) is 1. The van der Waals surface area contributed by atoms with Gasteiger partial charge in [-0.25, -0.2) is 0 Å². The van der Waals surface area contributed by atoms with Gasteiger partial charge in [-0.05, 0) is 83.4 Å². The molecule has 0 spiro atoms. The molecule has 2 aromatic carbocycles. The van der Waals surface area contributed by atoms with Gasteiger partial charge in [0.2, 0.25) is 0 Å². The molecule has 0 saturated heterocycles. The Morgan fingerprint density at radius 1 is 0.897 bits per heavy atom. The zero-order valence-corrected chi connectivity index (χ0v) is 21.1. The van der Waals surface area contributed by atoms with Crippen LogP contribution in [0.15, 0.2) is 42.5 Å². The molecule has 0 aromatic heterocycles. The van der Waals surface area contributed by atoms with Gasteiger partial charge < -0.3 is 4.43 Å². The molecule has 0 heterocycles. The van der Waals surface area contributed by atoms with E-state index in [0.29, 0.717) is 16.0 Å². The third kappa shape index (κ3) is 5.29. The zero-order chi connectivity index (χ0) is 21.4. The third-order valence-electron chi connectivity index (χ3n) is 6.28. The molecule has 0 N–H and O–H groups in total. The normalized spacial score (nSPS) is 17.9. The van der Waals surface area contributed by atoms with Crippen LogP contribution in [-0.2, 0) is 4.43 Å². The van der Waals surface area contributed by atoms with Gasteiger partial charge in [-0.3, -0.25) is 0 Å². The summed E-state index contributed by atoms with van der Waals surface area (Å²) in [6, 6.07) is 13.9. The third-order valence-corrected chi connectivity index (χ3v) is 11.6. The number of allylic oxidation sites excluding steroid dienone is 2. The highest BCUT2D eigenvalue weighted by Gasteiger charge is 2.38. The number of rotatable bonds is 5. The molecule has 0 bridgehead atoms. The molecule has 0 saturated carbocycles. The second-order valence-electron chi connectivity index (χ2n) is 9.43. The van der Waals surface area contributed by atoms with Crippen molar-refractivity contribution in [1.82, 2.24) is 0 Å². The van der Waals surface area contributed by atoms with Gasteiger partial charge in [0.1, 0.15) is 0 Å². The SMILES string of the molecule is CC(C)(C)[Si](C)(C)OCC1CC(c2ccc(Cl)cc2)=C(c2ccc(Cl)cc2Cl)C1. The Labute approximate surface area is 191 Å². The molecule has 29 heavy (non-hydrogen) atoms. The van der Waals surface area contributed by atoms with Crippen LogP contribution in [0.1, 0.15) is 44.7 Å². The molecule has 1 nitrogen and oxygen atoms in total. The summed E-state index contributed by atoms with van der Waals surface area (Å²) in [4.78, 5) is 0. The first-order chi connectivity index (χ1) is 13.5. The fourth-order valence-electron chi connectivity index (χ4n) is 3.51. The summed E-state index contributed by atoms with van der Waals surface area (Å²) in [5.74, 6) is 0.441. The Bertz CT molecular complexity index is 911. The fraction of sp³-hybridized carbons (Fsp3) is 0.417. The first-order valence-corrected chi connectivity index (χ1v) is 14.1. The minimum Gasteiger partial charge on any atom is -0.417 e. The van der Waals surface area contributed by atoms with Gasteiger partial charge in [0.05, 0.1) is 0 Å². The minimum atomic E-state index is -1.78. The van der Waals surface area contributed by atoms with Gasteiger partial charge in [0.25, 0.3) is 0 Å². The fourth-order valence-corrected chi connectivity index (χ4v) is 5.24.